The van der Waals surface area contributed by atoms with E-state index in [4.69, 9.17) is 9.47 Å². The molecular formula is C16H23NO4. The molecule has 0 spiro atoms. The maximum Gasteiger partial charge on any atom is 0.254 e. The quantitative estimate of drug-likeness (QED) is 0.901. The van der Waals surface area contributed by atoms with Crippen molar-refractivity contribution < 1.29 is 19.4 Å². The van der Waals surface area contributed by atoms with Gasteiger partial charge >= 0.3 is 0 Å². The van der Waals surface area contributed by atoms with Gasteiger partial charge in [0.25, 0.3) is 5.91 Å². The van der Waals surface area contributed by atoms with Gasteiger partial charge in [0.1, 0.15) is 0 Å². The molecule has 5 heteroatoms. The number of rotatable bonds is 5. The predicted molar refractivity (Wildman–Crippen MR) is 79.9 cm³/mol. The highest BCUT2D eigenvalue weighted by molar-refractivity contribution is 5.95. The Morgan fingerprint density at radius 3 is 2.81 bits per heavy atom. The first-order valence-corrected chi connectivity index (χ1v) is 7.35. The molecule has 1 saturated heterocycles. The van der Waals surface area contributed by atoms with Crippen LogP contribution >= 0.6 is 0 Å². The van der Waals surface area contributed by atoms with Gasteiger partial charge in [-0.2, -0.15) is 0 Å². The number of carbonyl (C=O) groups is 1. The van der Waals surface area contributed by atoms with Crippen molar-refractivity contribution in [1.29, 1.82) is 0 Å². The summed E-state index contributed by atoms with van der Waals surface area (Å²) in [5.74, 6) is 1.34. The van der Waals surface area contributed by atoms with Gasteiger partial charge in [0.15, 0.2) is 11.5 Å². The minimum absolute atomic E-state index is 0.0262. The van der Waals surface area contributed by atoms with E-state index in [0.717, 1.165) is 6.42 Å². The highest BCUT2D eigenvalue weighted by atomic mass is 16.5. The summed E-state index contributed by atoms with van der Waals surface area (Å²) in [4.78, 5) is 14.3. The second kappa shape index (κ2) is 6.80. The van der Waals surface area contributed by atoms with Crippen LogP contribution in [0.1, 0.15) is 30.6 Å². The average molecular weight is 293 g/mol. The van der Waals surface area contributed by atoms with Gasteiger partial charge in [-0.1, -0.05) is 0 Å². The first-order chi connectivity index (χ1) is 10.1. The topological polar surface area (TPSA) is 59.0 Å². The lowest BCUT2D eigenvalue weighted by atomic mass is 10.0. The zero-order valence-electron chi connectivity index (χ0n) is 12.8. The summed E-state index contributed by atoms with van der Waals surface area (Å²) in [7, 11) is 1.58. The molecule has 0 saturated carbocycles. The Hall–Kier alpha value is -1.75. The molecule has 5 nitrogen and oxygen atoms in total. The van der Waals surface area contributed by atoms with E-state index in [1.165, 1.54) is 0 Å². The van der Waals surface area contributed by atoms with Crippen LogP contribution in [0.3, 0.4) is 0 Å². The Kier molecular flexibility index (Phi) is 5.07. The second-order valence-corrected chi connectivity index (χ2v) is 5.34. The number of aliphatic hydroxyl groups is 1. The van der Waals surface area contributed by atoms with Gasteiger partial charge in [-0.05, 0) is 38.5 Å². The van der Waals surface area contributed by atoms with Crippen LogP contribution in [0, 0.1) is 5.92 Å². The van der Waals surface area contributed by atoms with Crippen molar-refractivity contribution >= 4 is 5.91 Å². The minimum atomic E-state index is -0.377. The third-order valence-electron chi connectivity index (χ3n) is 3.90. The fourth-order valence-corrected chi connectivity index (χ4v) is 2.63. The first-order valence-electron chi connectivity index (χ1n) is 7.35. The molecule has 1 aromatic carbocycles. The molecule has 2 rings (SSSR count). The summed E-state index contributed by atoms with van der Waals surface area (Å²) in [5, 5.41) is 9.63. The maximum absolute atomic E-state index is 12.5. The molecular weight excluding hydrogens is 270 g/mol. The molecule has 2 atom stereocenters. The van der Waals surface area contributed by atoms with Gasteiger partial charge in [0, 0.05) is 24.6 Å². The Balaban J connectivity index is 2.14. The van der Waals surface area contributed by atoms with Crippen LogP contribution in [0.4, 0.5) is 0 Å². The molecule has 1 aliphatic heterocycles. The number of hydrogen-bond acceptors (Lipinski definition) is 4. The smallest absolute Gasteiger partial charge is 0.254 e. The number of aliphatic hydroxyl groups excluding tert-OH is 1. The molecule has 1 fully saturated rings. The highest BCUT2D eigenvalue weighted by Crippen LogP contribution is 2.29. The van der Waals surface area contributed by atoms with E-state index >= 15 is 0 Å². The van der Waals surface area contributed by atoms with Crippen molar-refractivity contribution in [2.75, 3.05) is 26.8 Å². The average Bonchev–Trinajstić information content (AvgIpc) is 2.97. The number of likely N-dealkylation sites (tertiary alicyclic amines) is 1. The number of nitrogens with zero attached hydrogens (tertiary/aromatic N) is 1. The van der Waals surface area contributed by atoms with E-state index in [1.54, 1.807) is 37.1 Å². The van der Waals surface area contributed by atoms with E-state index in [2.05, 4.69) is 0 Å². The van der Waals surface area contributed by atoms with Crippen molar-refractivity contribution in [3.05, 3.63) is 23.8 Å². The van der Waals surface area contributed by atoms with Crippen LogP contribution in [0.25, 0.3) is 0 Å². The second-order valence-electron chi connectivity index (χ2n) is 5.34. The van der Waals surface area contributed by atoms with Crippen molar-refractivity contribution in [2.45, 2.75) is 26.4 Å². The van der Waals surface area contributed by atoms with Gasteiger partial charge < -0.3 is 19.5 Å². The van der Waals surface area contributed by atoms with E-state index in [0.29, 0.717) is 36.8 Å². The fraction of sp³-hybridized carbons (Fsp3) is 0.562. The summed E-state index contributed by atoms with van der Waals surface area (Å²) in [6.07, 6.45) is 0.468. The van der Waals surface area contributed by atoms with Crippen LogP contribution in [0.2, 0.25) is 0 Å². The van der Waals surface area contributed by atoms with Gasteiger partial charge in [-0.3, -0.25) is 4.79 Å². The zero-order valence-corrected chi connectivity index (χ0v) is 12.8. The lowest BCUT2D eigenvalue weighted by Gasteiger charge is -2.18. The highest BCUT2D eigenvalue weighted by Gasteiger charge is 2.29. The van der Waals surface area contributed by atoms with E-state index < -0.39 is 0 Å². The number of benzene rings is 1. The molecule has 1 N–H and O–H groups in total. The first kappa shape index (κ1) is 15.6. The Bertz CT molecular complexity index is 501. The number of hydrogen-bond donors (Lipinski definition) is 1. The molecule has 0 radical (unpaired) electrons. The molecule has 0 aromatic heterocycles. The number of methoxy groups -OCH3 is 1. The van der Waals surface area contributed by atoms with Crippen molar-refractivity contribution in [2.24, 2.45) is 5.92 Å². The fourth-order valence-electron chi connectivity index (χ4n) is 2.63. The van der Waals surface area contributed by atoms with Gasteiger partial charge in [0.05, 0.1) is 19.8 Å². The summed E-state index contributed by atoms with van der Waals surface area (Å²) >= 11 is 0. The molecule has 1 heterocycles. The normalized spacial score (nSPS) is 19.4. The summed E-state index contributed by atoms with van der Waals surface area (Å²) < 4.78 is 10.7. The van der Waals surface area contributed by atoms with Crippen molar-refractivity contribution in [3.8, 4) is 11.5 Å². The van der Waals surface area contributed by atoms with Crippen molar-refractivity contribution in [3.63, 3.8) is 0 Å². The van der Waals surface area contributed by atoms with Gasteiger partial charge in [-0.15, -0.1) is 0 Å². The third-order valence-corrected chi connectivity index (χ3v) is 3.90. The van der Waals surface area contributed by atoms with E-state index in [1.807, 2.05) is 6.92 Å². The molecule has 1 aromatic rings. The number of carbonyl (C=O) groups excluding carboxylic acids is 1. The number of ether oxygens (including phenoxy) is 2. The van der Waals surface area contributed by atoms with Gasteiger partial charge in [0.2, 0.25) is 0 Å². The van der Waals surface area contributed by atoms with Crippen LogP contribution in [-0.4, -0.2) is 48.8 Å². The van der Waals surface area contributed by atoms with Crippen LogP contribution < -0.4 is 9.47 Å². The monoisotopic (exact) mass is 293 g/mol. The summed E-state index contributed by atoms with van der Waals surface area (Å²) in [6, 6.07) is 5.22. The molecule has 0 bridgehead atoms. The maximum atomic E-state index is 12.5. The summed E-state index contributed by atoms with van der Waals surface area (Å²) in [5.41, 5.74) is 0.588. The molecule has 1 aliphatic rings. The number of amides is 1. The Labute approximate surface area is 125 Å². The SMILES string of the molecule is CCOc1cc(C(=O)N2CCC(C(C)O)C2)ccc1OC. The molecule has 21 heavy (non-hydrogen) atoms. The third kappa shape index (κ3) is 3.47. The van der Waals surface area contributed by atoms with E-state index in [9.17, 15) is 9.90 Å². The molecule has 1 amide bonds. The predicted octanol–water partition coefficient (Wildman–Crippen LogP) is 1.94. The van der Waals surface area contributed by atoms with Crippen LogP contribution in [0.5, 0.6) is 11.5 Å². The standard InChI is InChI=1S/C16H23NO4/c1-4-21-15-9-12(5-6-14(15)20-3)16(19)17-8-7-13(10-17)11(2)18/h5-6,9,11,13,18H,4,7-8,10H2,1-3H3. The van der Waals surface area contributed by atoms with Crippen LogP contribution in [0.15, 0.2) is 18.2 Å². The zero-order chi connectivity index (χ0) is 15.4. The van der Waals surface area contributed by atoms with Crippen LogP contribution in [-0.2, 0) is 0 Å². The molecule has 0 aliphatic carbocycles. The van der Waals surface area contributed by atoms with Gasteiger partial charge in [-0.25, -0.2) is 0 Å². The van der Waals surface area contributed by atoms with Crippen molar-refractivity contribution in [1.82, 2.24) is 4.90 Å². The minimum Gasteiger partial charge on any atom is -0.493 e. The Morgan fingerprint density at radius 1 is 1.48 bits per heavy atom. The lowest BCUT2D eigenvalue weighted by molar-refractivity contribution is 0.0762. The largest absolute Gasteiger partial charge is 0.493 e. The molecule has 2 unspecified atom stereocenters. The lowest BCUT2D eigenvalue weighted by Crippen LogP contribution is -2.30. The summed E-state index contributed by atoms with van der Waals surface area (Å²) in [6.45, 7) is 5.47. The Morgan fingerprint density at radius 2 is 2.24 bits per heavy atom. The molecule has 116 valence electrons. The van der Waals surface area contributed by atoms with E-state index in [-0.39, 0.29) is 17.9 Å².